The first-order chi connectivity index (χ1) is 6.38. The molecule has 78 valence electrons. The average Bonchev–Trinajstić information content (AvgIpc) is 2.02. The first kappa shape index (κ1) is 11.5. The average molecular weight is 233 g/mol. The molecule has 0 heterocycles. The highest BCUT2D eigenvalue weighted by Crippen LogP contribution is 2.22. The Labute approximate surface area is 89.8 Å². The Hall–Kier alpha value is -0.540. The van der Waals surface area contributed by atoms with Crippen molar-refractivity contribution in [2.24, 2.45) is 0 Å². The molecule has 14 heavy (non-hydrogen) atoms. The zero-order valence-corrected chi connectivity index (χ0v) is 9.77. The number of hydrogen-bond donors (Lipinski definition) is 0. The van der Waals surface area contributed by atoms with Crippen molar-refractivity contribution in [1.29, 1.82) is 0 Å². The summed E-state index contributed by atoms with van der Waals surface area (Å²) >= 11 is 5.96. The molecular weight excluding hydrogens is 220 g/mol. The van der Waals surface area contributed by atoms with Gasteiger partial charge in [-0.3, -0.25) is 0 Å². The van der Waals surface area contributed by atoms with E-state index in [9.17, 15) is 8.42 Å². The highest BCUT2D eigenvalue weighted by atomic mass is 35.5. The van der Waals surface area contributed by atoms with Crippen molar-refractivity contribution in [3.8, 4) is 0 Å². The molecule has 0 amide bonds. The van der Waals surface area contributed by atoms with Crippen LogP contribution in [0.1, 0.15) is 16.5 Å². The number of aryl methyl sites for hydroxylation is 1. The SMILES string of the molecule is Cc1ccc(C(Cl)CS(C)(=O)=O)cc1. The van der Waals surface area contributed by atoms with E-state index in [-0.39, 0.29) is 5.75 Å². The van der Waals surface area contributed by atoms with Crippen molar-refractivity contribution in [2.75, 3.05) is 12.0 Å². The van der Waals surface area contributed by atoms with Gasteiger partial charge in [-0.2, -0.15) is 0 Å². The van der Waals surface area contributed by atoms with Crippen LogP contribution in [0.25, 0.3) is 0 Å². The number of alkyl halides is 1. The summed E-state index contributed by atoms with van der Waals surface area (Å²) in [4.78, 5) is 0. The summed E-state index contributed by atoms with van der Waals surface area (Å²) in [5, 5.41) is -0.453. The summed E-state index contributed by atoms with van der Waals surface area (Å²) in [5.41, 5.74) is 1.99. The Morgan fingerprint density at radius 1 is 1.29 bits per heavy atom. The standard InChI is InChI=1S/C10H13ClO2S/c1-8-3-5-9(6-4-8)10(11)7-14(2,12)13/h3-6,10H,7H2,1-2H3. The number of halogens is 1. The Bertz CT molecular complexity index is 395. The van der Waals surface area contributed by atoms with Crippen LogP contribution in [0.15, 0.2) is 24.3 Å². The van der Waals surface area contributed by atoms with E-state index in [0.717, 1.165) is 11.1 Å². The Balaban J connectivity index is 2.80. The van der Waals surface area contributed by atoms with E-state index in [4.69, 9.17) is 11.6 Å². The Kier molecular flexibility index (Phi) is 3.56. The van der Waals surface area contributed by atoms with Gasteiger partial charge in [0.25, 0.3) is 0 Å². The molecule has 2 nitrogen and oxygen atoms in total. The van der Waals surface area contributed by atoms with E-state index in [1.807, 2.05) is 31.2 Å². The summed E-state index contributed by atoms with van der Waals surface area (Å²) < 4.78 is 22.0. The van der Waals surface area contributed by atoms with Crippen LogP contribution in [-0.4, -0.2) is 20.4 Å². The number of rotatable bonds is 3. The van der Waals surface area contributed by atoms with Crippen molar-refractivity contribution in [1.82, 2.24) is 0 Å². The molecule has 0 aliphatic rings. The summed E-state index contributed by atoms with van der Waals surface area (Å²) in [6.45, 7) is 1.98. The molecule has 1 aromatic rings. The third kappa shape index (κ3) is 3.68. The van der Waals surface area contributed by atoms with Gasteiger partial charge in [-0.05, 0) is 12.5 Å². The van der Waals surface area contributed by atoms with E-state index in [0.29, 0.717) is 0 Å². The molecule has 1 aromatic carbocycles. The molecule has 0 bridgehead atoms. The number of hydrogen-bond acceptors (Lipinski definition) is 2. The van der Waals surface area contributed by atoms with Gasteiger partial charge in [0.05, 0.1) is 11.1 Å². The van der Waals surface area contributed by atoms with Gasteiger partial charge < -0.3 is 0 Å². The van der Waals surface area contributed by atoms with Gasteiger partial charge in [-0.15, -0.1) is 11.6 Å². The Morgan fingerprint density at radius 2 is 1.79 bits per heavy atom. The van der Waals surface area contributed by atoms with Crippen LogP contribution in [0.3, 0.4) is 0 Å². The van der Waals surface area contributed by atoms with Crippen LogP contribution in [-0.2, 0) is 9.84 Å². The molecule has 4 heteroatoms. The molecule has 0 aliphatic heterocycles. The minimum atomic E-state index is -3.01. The molecule has 0 spiro atoms. The first-order valence-electron chi connectivity index (χ1n) is 4.27. The van der Waals surface area contributed by atoms with Crippen LogP contribution < -0.4 is 0 Å². The molecule has 1 unspecified atom stereocenters. The maximum atomic E-state index is 11.0. The van der Waals surface area contributed by atoms with Crippen molar-refractivity contribution in [2.45, 2.75) is 12.3 Å². The number of benzene rings is 1. The maximum Gasteiger partial charge on any atom is 0.149 e. The smallest absolute Gasteiger partial charge is 0.149 e. The van der Waals surface area contributed by atoms with Gasteiger partial charge in [0.15, 0.2) is 0 Å². The van der Waals surface area contributed by atoms with E-state index in [1.165, 1.54) is 6.26 Å². The second-order valence-corrected chi connectivity index (χ2v) is 6.18. The minimum Gasteiger partial charge on any atom is -0.229 e. The molecule has 0 N–H and O–H groups in total. The fourth-order valence-corrected chi connectivity index (χ4v) is 2.69. The van der Waals surface area contributed by atoms with E-state index >= 15 is 0 Å². The van der Waals surface area contributed by atoms with Crippen LogP contribution in [0, 0.1) is 6.92 Å². The Morgan fingerprint density at radius 3 is 2.21 bits per heavy atom. The quantitative estimate of drug-likeness (QED) is 0.750. The zero-order valence-electron chi connectivity index (χ0n) is 8.20. The lowest BCUT2D eigenvalue weighted by Gasteiger charge is -2.08. The lowest BCUT2D eigenvalue weighted by atomic mass is 10.1. The summed E-state index contributed by atoms with van der Waals surface area (Å²) in [7, 11) is -3.01. The largest absolute Gasteiger partial charge is 0.229 e. The maximum absolute atomic E-state index is 11.0. The van der Waals surface area contributed by atoms with E-state index in [2.05, 4.69) is 0 Å². The van der Waals surface area contributed by atoms with Gasteiger partial charge in [0.2, 0.25) is 0 Å². The molecule has 0 radical (unpaired) electrons. The van der Waals surface area contributed by atoms with E-state index in [1.54, 1.807) is 0 Å². The number of sulfone groups is 1. The van der Waals surface area contributed by atoms with Gasteiger partial charge in [0.1, 0.15) is 9.84 Å². The second kappa shape index (κ2) is 4.32. The van der Waals surface area contributed by atoms with Gasteiger partial charge in [0, 0.05) is 6.26 Å². The van der Waals surface area contributed by atoms with Crippen LogP contribution in [0.4, 0.5) is 0 Å². The van der Waals surface area contributed by atoms with Gasteiger partial charge in [-0.25, -0.2) is 8.42 Å². The molecule has 0 aromatic heterocycles. The molecule has 0 saturated heterocycles. The van der Waals surface area contributed by atoms with Crippen LogP contribution in [0.2, 0.25) is 0 Å². The summed E-state index contributed by atoms with van der Waals surface area (Å²) in [6.07, 6.45) is 1.19. The third-order valence-electron chi connectivity index (χ3n) is 1.89. The second-order valence-electron chi connectivity index (χ2n) is 3.47. The van der Waals surface area contributed by atoms with Crippen LogP contribution in [0.5, 0.6) is 0 Å². The van der Waals surface area contributed by atoms with Crippen molar-refractivity contribution < 1.29 is 8.42 Å². The monoisotopic (exact) mass is 232 g/mol. The fourth-order valence-electron chi connectivity index (χ4n) is 1.14. The minimum absolute atomic E-state index is 0.0163. The highest BCUT2D eigenvalue weighted by Gasteiger charge is 2.14. The van der Waals surface area contributed by atoms with Gasteiger partial charge in [-0.1, -0.05) is 29.8 Å². The molecule has 1 atom stereocenters. The van der Waals surface area contributed by atoms with Gasteiger partial charge >= 0.3 is 0 Å². The van der Waals surface area contributed by atoms with Crippen LogP contribution >= 0.6 is 11.6 Å². The third-order valence-corrected chi connectivity index (χ3v) is 3.42. The zero-order chi connectivity index (χ0) is 10.8. The molecule has 0 aliphatic carbocycles. The molecule has 0 saturated carbocycles. The summed E-state index contributed by atoms with van der Waals surface area (Å²) in [6, 6.07) is 7.57. The van der Waals surface area contributed by atoms with Crippen molar-refractivity contribution >= 4 is 21.4 Å². The summed E-state index contributed by atoms with van der Waals surface area (Å²) in [5.74, 6) is -0.0163. The molecule has 0 fully saturated rings. The lowest BCUT2D eigenvalue weighted by Crippen LogP contribution is -2.08. The molecule has 1 rings (SSSR count). The predicted molar refractivity (Wildman–Crippen MR) is 59.5 cm³/mol. The molecular formula is C10H13ClO2S. The highest BCUT2D eigenvalue weighted by molar-refractivity contribution is 7.90. The normalized spacial score (nSPS) is 13.9. The lowest BCUT2D eigenvalue weighted by molar-refractivity contribution is 0.600. The fraction of sp³-hybridized carbons (Fsp3) is 0.400. The topological polar surface area (TPSA) is 34.1 Å². The van der Waals surface area contributed by atoms with E-state index < -0.39 is 15.2 Å². The predicted octanol–water partition coefficient (Wildman–Crippen LogP) is 2.32. The van der Waals surface area contributed by atoms with Crippen molar-refractivity contribution in [3.63, 3.8) is 0 Å². The van der Waals surface area contributed by atoms with Crippen molar-refractivity contribution in [3.05, 3.63) is 35.4 Å². The first-order valence-corrected chi connectivity index (χ1v) is 6.76.